The van der Waals surface area contributed by atoms with E-state index in [-0.39, 0.29) is 24.1 Å². The van der Waals surface area contributed by atoms with E-state index >= 15 is 0 Å². The number of alkyl halides is 3. The molecule has 3 aromatic carbocycles. The Morgan fingerprint density at radius 2 is 1.67 bits per heavy atom. The number of aliphatic carboxylic acids is 1. The molecule has 1 atom stereocenters. The Morgan fingerprint density at radius 1 is 1.07 bits per heavy atom. The van der Waals surface area contributed by atoms with Crippen LogP contribution in [-0.2, 0) is 34.1 Å². The number of carboxylic acids is 1. The molecule has 0 aromatic heterocycles. The molecular weight excluding hydrogens is 633 g/mol. The van der Waals surface area contributed by atoms with Crippen LogP contribution >= 0.6 is 11.6 Å². The van der Waals surface area contributed by atoms with Gasteiger partial charge in [0.25, 0.3) is 0 Å². The lowest BCUT2D eigenvalue weighted by molar-refractivity contribution is -0.275. The SMILES string of the molecule is CN(C[C@H](O)CNC(C)(C)CC1Cc2ccccc2C1)S(=O)(=O)c1c(Cl)cc(-c2ccc(CC(=O)O)cc2)cc1OC(F)(F)F. The Labute approximate surface area is 265 Å². The zero-order valence-corrected chi connectivity index (χ0v) is 26.6. The van der Waals surface area contributed by atoms with Crippen LogP contribution in [0.4, 0.5) is 13.2 Å². The van der Waals surface area contributed by atoms with Crippen LogP contribution in [0, 0.1) is 5.92 Å². The van der Waals surface area contributed by atoms with Gasteiger partial charge in [0.1, 0.15) is 4.90 Å². The highest BCUT2D eigenvalue weighted by atomic mass is 35.5. The average Bonchev–Trinajstić information content (AvgIpc) is 3.32. The Hall–Kier alpha value is -3.16. The lowest BCUT2D eigenvalue weighted by Gasteiger charge is -2.31. The van der Waals surface area contributed by atoms with Gasteiger partial charge in [-0.1, -0.05) is 60.1 Å². The van der Waals surface area contributed by atoms with Gasteiger partial charge in [-0.05, 0) is 79.0 Å². The summed E-state index contributed by atoms with van der Waals surface area (Å²) in [7, 11) is -3.53. The summed E-state index contributed by atoms with van der Waals surface area (Å²) in [6.45, 7) is 3.63. The first-order valence-electron chi connectivity index (χ1n) is 14.3. The van der Waals surface area contributed by atoms with Crippen molar-refractivity contribution in [3.63, 3.8) is 0 Å². The maximum absolute atomic E-state index is 13.5. The summed E-state index contributed by atoms with van der Waals surface area (Å²) in [6, 6.07) is 16.4. The van der Waals surface area contributed by atoms with Crippen molar-refractivity contribution >= 4 is 27.6 Å². The van der Waals surface area contributed by atoms with E-state index in [0.29, 0.717) is 17.0 Å². The number of carbonyl (C=O) groups is 1. The van der Waals surface area contributed by atoms with Crippen molar-refractivity contribution in [1.29, 1.82) is 0 Å². The second-order valence-electron chi connectivity index (χ2n) is 12.1. The van der Waals surface area contributed by atoms with Gasteiger partial charge in [-0.3, -0.25) is 4.79 Å². The zero-order chi connectivity index (χ0) is 33.2. The summed E-state index contributed by atoms with van der Waals surface area (Å²) in [6.07, 6.45) is -3.91. The molecule has 244 valence electrons. The van der Waals surface area contributed by atoms with Crippen LogP contribution < -0.4 is 10.1 Å². The van der Waals surface area contributed by atoms with Crippen LogP contribution in [0.2, 0.25) is 5.02 Å². The van der Waals surface area contributed by atoms with Crippen LogP contribution in [0.1, 0.15) is 37.0 Å². The van der Waals surface area contributed by atoms with Gasteiger partial charge in [0.05, 0.1) is 17.5 Å². The molecule has 0 bridgehead atoms. The molecule has 0 saturated carbocycles. The number of hydrogen-bond acceptors (Lipinski definition) is 6. The topological polar surface area (TPSA) is 116 Å². The zero-order valence-electron chi connectivity index (χ0n) is 25.1. The molecule has 1 aliphatic carbocycles. The largest absolute Gasteiger partial charge is 0.573 e. The highest BCUT2D eigenvalue weighted by Gasteiger charge is 2.37. The molecule has 45 heavy (non-hydrogen) atoms. The number of nitrogens with zero attached hydrogens (tertiary/aromatic N) is 1. The molecular formula is C32H36ClF3N2O6S. The number of rotatable bonds is 13. The van der Waals surface area contributed by atoms with Crippen LogP contribution in [0.3, 0.4) is 0 Å². The second kappa shape index (κ2) is 13.7. The minimum Gasteiger partial charge on any atom is -0.481 e. The number of carboxylic acid groups (broad SMARTS) is 1. The first kappa shape index (κ1) is 34.7. The van der Waals surface area contributed by atoms with Crippen LogP contribution in [0.5, 0.6) is 5.75 Å². The van der Waals surface area contributed by atoms with Gasteiger partial charge < -0.3 is 20.3 Å². The van der Waals surface area contributed by atoms with Crippen molar-refractivity contribution in [1.82, 2.24) is 9.62 Å². The number of β-amino-alcohol motifs (C(OH)–C–C–N with tert-alkyl or cyclic N) is 1. The van der Waals surface area contributed by atoms with Gasteiger partial charge in [-0.25, -0.2) is 8.42 Å². The van der Waals surface area contributed by atoms with Crippen LogP contribution in [-0.4, -0.2) is 67.0 Å². The quantitative estimate of drug-likeness (QED) is 0.214. The number of aliphatic hydroxyl groups excluding tert-OH is 1. The van der Waals surface area contributed by atoms with Crippen molar-refractivity contribution in [2.24, 2.45) is 5.92 Å². The maximum atomic E-state index is 13.5. The van der Waals surface area contributed by atoms with E-state index in [9.17, 15) is 31.5 Å². The number of aliphatic hydroxyl groups is 1. The van der Waals surface area contributed by atoms with E-state index in [1.54, 1.807) is 0 Å². The van der Waals surface area contributed by atoms with Gasteiger partial charge >= 0.3 is 12.3 Å². The van der Waals surface area contributed by atoms with Crippen LogP contribution in [0.25, 0.3) is 11.1 Å². The van der Waals surface area contributed by atoms with Crippen molar-refractivity contribution in [2.45, 2.75) is 62.4 Å². The summed E-state index contributed by atoms with van der Waals surface area (Å²) in [5, 5.41) is 22.5. The molecule has 3 aromatic rings. The molecule has 0 heterocycles. The van der Waals surface area contributed by atoms with E-state index < -0.39 is 50.7 Å². The number of ether oxygens (including phenoxy) is 1. The molecule has 13 heteroatoms. The average molecular weight is 669 g/mol. The van der Waals surface area contributed by atoms with Crippen molar-refractivity contribution in [2.75, 3.05) is 20.1 Å². The lowest BCUT2D eigenvalue weighted by Crippen LogP contribution is -2.47. The second-order valence-corrected chi connectivity index (χ2v) is 14.4. The monoisotopic (exact) mass is 668 g/mol. The molecule has 0 spiro atoms. The minimum atomic E-state index is -5.23. The van der Waals surface area contributed by atoms with E-state index in [2.05, 4.69) is 22.2 Å². The minimum absolute atomic E-state index is 0.0446. The third kappa shape index (κ3) is 9.20. The first-order valence-corrected chi connectivity index (χ1v) is 16.1. The molecule has 0 radical (unpaired) electrons. The number of benzene rings is 3. The lowest BCUT2D eigenvalue weighted by atomic mass is 9.88. The van der Waals surface area contributed by atoms with Gasteiger partial charge in [0.2, 0.25) is 10.0 Å². The summed E-state index contributed by atoms with van der Waals surface area (Å²) in [5.74, 6) is -1.66. The Bertz CT molecular complexity index is 1610. The summed E-state index contributed by atoms with van der Waals surface area (Å²) in [5.41, 5.74) is 3.24. The molecule has 0 aliphatic heterocycles. The highest BCUT2D eigenvalue weighted by molar-refractivity contribution is 7.89. The van der Waals surface area contributed by atoms with Crippen molar-refractivity contribution in [3.8, 4) is 16.9 Å². The van der Waals surface area contributed by atoms with Crippen molar-refractivity contribution < 1.29 is 41.3 Å². The van der Waals surface area contributed by atoms with E-state index in [0.717, 1.165) is 36.7 Å². The molecule has 0 saturated heterocycles. The molecule has 8 nitrogen and oxygen atoms in total. The summed E-state index contributed by atoms with van der Waals surface area (Å²) in [4.78, 5) is 10.1. The number of hydrogen-bond donors (Lipinski definition) is 3. The fourth-order valence-electron chi connectivity index (χ4n) is 5.77. The third-order valence-corrected chi connectivity index (χ3v) is 10.1. The Balaban J connectivity index is 1.47. The maximum Gasteiger partial charge on any atom is 0.573 e. The van der Waals surface area contributed by atoms with Gasteiger partial charge in [-0.2, -0.15) is 4.31 Å². The van der Waals surface area contributed by atoms with Gasteiger partial charge in [0, 0.05) is 25.7 Å². The highest BCUT2D eigenvalue weighted by Crippen LogP contribution is 2.40. The number of nitrogens with one attached hydrogen (secondary N) is 1. The molecule has 0 unspecified atom stereocenters. The number of sulfonamides is 1. The molecule has 0 amide bonds. The predicted molar refractivity (Wildman–Crippen MR) is 165 cm³/mol. The fraction of sp³-hybridized carbons (Fsp3) is 0.406. The summed E-state index contributed by atoms with van der Waals surface area (Å²) >= 11 is 6.31. The Morgan fingerprint density at radius 3 is 2.22 bits per heavy atom. The standard InChI is InChI=1S/C32H36ClF3N2O6S/c1-31(2,17-21-12-23-6-4-5-7-24(23)13-21)37-18-26(39)19-38(3)45(42,43)30-27(33)15-25(16-28(30)44-32(34,35)36)22-10-8-20(9-11-22)14-29(40)41/h4-11,15-16,21,26,37,39H,12-14,17-19H2,1-3H3,(H,40,41)/t26-/m1/s1. The molecule has 1 aliphatic rings. The van der Waals surface area contributed by atoms with Gasteiger partial charge in [0.15, 0.2) is 5.75 Å². The molecule has 4 rings (SSSR count). The normalized spacial score (nSPS) is 14.9. The van der Waals surface area contributed by atoms with E-state index in [1.807, 2.05) is 26.0 Å². The van der Waals surface area contributed by atoms with E-state index in [1.165, 1.54) is 41.5 Å². The predicted octanol–water partition coefficient (Wildman–Crippen LogP) is 5.69. The molecule has 0 fully saturated rings. The summed E-state index contributed by atoms with van der Waals surface area (Å²) < 4.78 is 72.2. The Kier molecular flexibility index (Phi) is 10.6. The number of halogens is 4. The third-order valence-electron chi connectivity index (χ3n) is 7.76. The number of likely N-dealkylation sites (N-methyl/N-ethyl adjacent to an activating group) is 1. The van der Waals surface area contributed by atoms with Crippen molar-refractivity contribution in [3.05, 3.63) is 82.4 Å². The molecule has 3 N–H and O–H groups in total. The smallest absolute Gasteiger partial charge is 0.481 e. The number of fused-ring (bicyclic) bond motifs is 1. The fourth-order valence-corrected chi connectivity index (χ4v) is 7.62. The van der Waals surface area contributed by atoms with Gasteiger partial charge in [-0.15, -0.1) is 13.2 Å². The first-order chi connectivity index (χ1) is 20.9. The van der Waals surface area contributed by atoms with E-state index in [4.69, 9.17) is 16.7 Å². The van der Waals surface area contributed by atoms with Crippen LogP contribution in [0.15, 0.2) is 65.6 Å².